The third-order valence-corrected chi connectivity index (χ3v) is 11.8. The summed E-state index contributed by atoms with van der Waals surface area (Å²) in [5.74, 6) is 0. The first-order valence-electron chi connectivity index (χ1n) is 19.4. The van der Waals surface area contributed by atoms with Crippen LogP contribution in [0.25, 0.3) is 49.4 Å². The molecule has 0 unspecified atom stereocenters. The highest BCUT2D eigenvalue weighted by Crippen LogP contribution is 2.54. The molecule has 10 rings (SSSR count). The van der Waals surface area contributed by atoms with Gasteiger partial charge in [0.25, 0.3) is 0 Å². The summed E-state index contributed by atoms with van der Waals surface area (Å²) >= 11 is 0. The number of nitrogens with zero attached hydrogens (tertiary/aromatic N) is 1. The van der Waals surface area contributed by atoms with Gasteiger partial charge in [-0.3, -0.25) is 0 Å². The number of fused-ring (bicyclic) bond motifs is 5. The molecule has 0 spiro atoms. The Labute approximate surface area is 323 Å². The van der Waals surface area contributed by atoms with Crippen molar-refractivity contribution in [1.82, 2.24) is 0 Å². The average molecular weight is 707 g/mol. The Bertz CT molecular complexity index is 2790. The van der Waals surface area contributed by atoms with E-state index in [0.29, 0.717) is 0 Å². The zero-order valence-electron chi connectivity index (χ0n) is 31.3. The summed E-state index contributed by atoms with van der Waals surface area (Å²) < 4.78 is 0. The van der Waals surface area contributed by atoms with E-state index >= 15 is 0 Å². The number of allylic oxidation sites excluding steroid dienone is 3. The molecule has 2 nitrogen and oxygen atoms in total. The van der Waals surface area contributed by atoms with Gasteiger partial charge >= 0.3 is 0 Å². The molecule has 2 aliphatic rings. The lowest BCUT2D eigenvalue weighted by Crippen LogP contribution is -2.19. The van der Waals surface area contributed by atoms with Gasteiger partial charge in [-0.2, -0.15) is 0 Å². The molecule has 1 N–H and O–H groups in total. The van der Waals surface area contributed by atoms with Crippen LogP contribution in [0.15, 0.2) is 199 Å². The van der Waals surface area contributed by atoms with Crippen molar-refractivity contribution in [3.63, 3.8) is 0 Å². The van der Waals surface area contributed by atoms with Gasteiger partial charge in [-0.25, -0.2) is 0 Å². The lowest BCUT2D eigenvalue weighted by Gasteiger charge is -2.29. The lowest BCUT2D eigenvalue weighted by molar-refractivity contribution is 0.606. The highest BCUT2D eigenvalue weighted by Gasteiger charge is 2.40. The SMILES string of the molecule is CC1(C)C2=C(C(Nc3ccccc3-c3ccccc3)=CCC2)c2ccc(N(c3ccccc3)c3ccc(-c4cc5ccccc5c5ccccc45)cc3)cc21. The van der Waals surface area contributed by atoms with Gasteiger partial charge in [-0.15, -0.1) is 0 Å². The maximum Gasteiger partial charge on any atom is 0.0465 e. The third-order valence-electron chi connectivity index (χ3n) is 11.8. The van der Waals surface area contributed by atoms with Gasteiger partial charge in [-0.05, 0) is 116 Å². The molecule has 2 aliphatic carbocycles. The van der Waals surface area contributed by atoms with Crippen LogP contribution in [0.3, 0.4) is 0 Å². The third kappa shape index (κ3) is 5.65. The maximum absolute atomic E-state index is 3.92. The zero-order valence-corrected chi connectivity index (χ0v) is 31.3. The van der Waals surface area contributed by atoms with Gasteiger partial charge in [0.2, 0.25) is 0 Å². The van der Waals surface area contributed by atoms with Crippen molar-refractivity contribution in [2.75, 3.05) is 10.2 Å². The minimum Gasteiger partial charge on any atom is -0.355 e. The van der Waals surface area contributed by atoms with Gasteiger partial charge in [0.05, 0.1) is 0 Å². The van der Waals surface area contributed by atoms with Crippen LogP contribution in [0.1, 0.15) is 37.8 Å². The van der Waals surface area contributed by atoms with Gasteiger partial charge in [-0.1, -0.05) is 153 Å². The molecular weight excluding hydrogens is 665 g/mol. The van der Waals surface area contributed by atoms with Gasteiger partial charge in [0.1, 0.15) is 0 Å². The Hall–Kier alpha value is -6.64. The fourth-order valence-corrected chi connectivity index (χ4v) is 9.08. The van der Waals surface area contributed by atoms with Crippen LogP contribution in [0.2, 0.25) is 0 Å². The first-order chi connectivity index (χ1) is 27.0. The van der Waals surface area contributed by atoms with Crippen LogP contribution in [0.4, 0.5) is 22.7 Å². The van der Waals surface area contributed by atoms with E-state index in [4.69, 9.17) is 0 Å². The molecule has 8 aromatic rings. The summed E-state index contributed by atoms with van der Waals surface area (Å²) in [7, 11) is 0. The number of rotatable bonds is 7. The molecule has 0 aliphatic heterocycles. The monoisotopic (exact) mass is 706 g/mol. The van der Waals surface area contributed by atoms with Gasteiger partial charge in [0.15, 0.2) is 0 Å². The second kappa shape index (κ2) is 13.3. The van der Waals surface area contributed by atoms with Crippen LogP contribution in [-0.4, -0.2) is 0 Å². The topological polar surface area (TPSA) is 15.3 Å². The molecule has 0 radical (unpaired) electrons. The average Bonchev–Trinajstić information content (AvgIpc) is 3.48. The van der Waals surface area contributed by atoms with E-state index in [1.54, 1.807) is 0 Å². The zero-order chi connectivity index (χ0) is 36.9. The maximum atomic E-state index is 3.92. The summed E-state index contributed by atoms with van der Waals surface area (Å²) in [6, 6.07) is 66.2. The summed E-state index contributed by atoms with van der Waals surface area (Å²) in [6.07, 6.45) is 4.48. The van der Waals surface area contributed by atoms with Crippen molar-refractivity contribution in [3.8, 4) is 22.3 Å². The van der Waals surface area contributed by atoms with Crippen LogP contribution < -0.4 is 10.2 Å². The van der Waals surface area contributed by atoms with E-state index in [0.717, 1.165) is 35.6 Å². The lowest BCUT2D eigenvalue weighted by atomic mass is 9.78. The quantitative estimate of drug-likeness (QED) is 0.166. The van der Waals surface area contributed by atoms with Crippen molar-refractivity contribution < 1.29 is 0 Å². The minimum absolute atomic E-state index is 0.107. The predicted molar refractivity (Wildman–Crippen MR) is 234 cm³/mol. The van der Waals surface area contributed by atoms with Crippen molar-refractivity contribution in [2.24, 2.45) is 0 Å². The fraction of sp³-hybridized carbons (Fsp3) is 0.0943. The standard InChI is InChI=1S/C53H42N2/c1-53(2)48-25-15-27-51(54-50-26-14-13-22-43(50)36-16-5-3-6-17-36)52(48)46-33-32-41(35-49(46)53)55(39-19-7-4-8-20-39)40-30-28-37(29-31-40)47-34-38-18-9-10-21-42(38)44-23-11-12-24-45(44)47/h3-14,16-24,26-35,54H,15,25H2,1-2H3. The summed E-state index contributed by atoms with van der Waals surface area (Å²) in [5, 5.41) is 9.04. The summed E-state index contributed by atoms with van der Waals surface area (Å²) in [5.41, 5.74) is 16.1. The largest absolute Gasteiger partial charge is 0.355 e. The Morgan fingerprint density at radius 2 is 1.11 bits per heavy atom. The van der Waals surface area contributed by atoms with E-state index in [1.807, 2.05) is 0 Å². The molecular formula is C53H42N2. The van der Waals surface area contributed by atoms with Gasteiger partial charge < -0.3 is 10.2 Å². The molecule has 2 heteroatoms. The number of benzene rings is 8. The van der Waals surface area contributed by atoms with Gasteiger partial charge in [0, 0.05) is 45.0 Å². The van der Waals surface area contributed by atoms with E-state index in [-0.39, 0.29) is 5.41 Å². The first-order valence-corrected chi connectivity index (χ1v) is 19.4. The molecule has 8 aromatic carbocycles. The molecule has 264 valence electrons. The van der Waals surface area contributed by atoms with Crippen LogP contribution in [-0.2, 0) is 5.41 Å². The Morgan fingerprint density at radius 1 is 0.491 bits per heavy atom. The van der Waals surface area contributed by atoms with Crippen molar-refractivity contribution >= 4 is 49.9 Å². The molecule has 0 heterocycles. The molecule has 0 atom stereocenters. The van der Waals surface area contributed by atoms with Crippen LogP contribution in [0.5, 0.6) is 0 Å². The Balaban J connectivity index is 1.03. The highest BCUT2D eigenvalue weighted by molar-refractivity contribution is 6.13. The normalized spacial score (nSPS) is 14.4. The first kappa shape index (κ1) is 33.0. The van der Waals surface area contributed by atoms with E-state index in [9.17, 15) is 0 Å². The number of para-hydroxylation sites is 2. The van der Waals surface area contributed by atoms with Crippen LogP contribution in [0, 0.1) is 0 Å². The van der Waals surface area contributed by atoms with E-state index in [1.165, 1.54) is 71.8 Å². The minimum atomic E-state index is -0.107. The number of hydrogen-bond donors (Lipinski definition) is 1. The number of hydrogen-bond acceptors (Lipinski definition) is 2. The van der Waals surface area contributed by atoms with E-state index in [2.05, 4.69) is 212 Å². The number of anilines is 4. The van der Waals surface area contributed by atoms with Crippen molar-refractivity contribution in [2.45, 2.75) is 32.1 Å². The summed E-state index contributed by atoms with van der Waals surface area (Å²) in [4.78, 5) is 2.40. The molecule has 0 amide bonds. The molecule has 0 fully saturated rings. The molecule has 0 bridgehead atoms. The Kier molecular flexibility index (Phi) is 7.99. The number of nitrogens with one attached hydrogen (secondary N) is 1. The highest BCUT2D eigenvalue weighted by atomic mass is 15.1. The summed E-state index contributed by atoms with van der Waals surface area (Å²) in [6.45, 7) is 4.82. The molecule has 0 aromatic heterocycles. The smallest absolute Gasteiger partial charge is 0.0465 e. The second-order valence-electron chi connectivity index (χ2n) is 15.3. The molecule has 0 saturated heterocycles. The Morgan fingerprint density at radius 3 is 1.91 bits per heavy atom. The van der Waals surface area contributed by atoms with Crippen molar-refractivity contribution in [1.29, 1.82) is 0 Å². The molecule has 55 heavy (non-hydrogen) atoms. The fourth-order valence-electron chi connectivity index (χ4n) is 9.08. The van der Waals surface area contributed by atoms with E-state index < -0.39 is 0 Å². The molecule has 0 saturated carbocycles. The van der Waals surface area contributed by atoms with Crippen molar-refractivity contribution in [3.05, 3.63) is 210 Å². The van der Waals surface area contributed by atoms with Crippen LogP contribution >= 0.6 is 0 Å². The predicted octanol–water partition coefficient (Wildman–Crippen LogP) is 14.6. The second-order valence-corrected chi connectivity index (χ2v) is 15.3.